The van der Waals surface area contributed by atoms with Crippen molar-refractivity contribution in [3.05, 3.63) is 58.6 Å². The second kappa shape index (κ2) is 9.29. The fraction of sp³-hybridized carbons (Fsp3) is 0.364. The predicted octanol–water partition coefficient (Wildman–Crippen LogP) is 4.34. The lowest BCUT2D eigenvalue weighted by atomic mass is 9.72. The molecule has 3 rings (SSSR count). The monoisotopic (exact) mass is 450 g/mol. The van der Waals surface area contributed by atoms with Gasteiger partial charge in [0.1, 0.15) is 11.9 Å². The van der Waals surface area contributed by atoms with E-state index in [1.54, 1.807) is 56.3 Å². The second-order valence-corrected chi connectivity index (χ2v) is 8.22. The van der Waals surface area contributed by atoms with Crippen LogP contribution in [0, 0.1) is 5.41 Å². The minimum absolute atomic E-state index is 0.0451. The zero-order valence-electron chi connectivity index (χ0n) is 16.9. The summed E-state index contributed by atoms with van der Waals surface area (Å²) in [6, 6.07) is 12.0. The number of halogens is 1. The summed E-state index contributed by atoms with van der Waals surface area (Å²) in [5.41, 5.74) is -1.04. The minimum Gasteiger partial charge on any atom is -0.496 e. The Morgan fingerprint density at radius 1 is 1.07 bits per heavy atom. The van der Waals surface area contributed by atoms with Crippen LogP contribution in [0.4, 0.5) is 0 Å². The lowest BCUT2D eigenvalue weighted by Crippen LogP contribution is -2.52. The molecule has 1 aliphatic heterocycles. The molecule has 0 fully saturated rings. The molecule has 2 aromatic carbocycles. The van der Waals surface area contributed by atoms with Gasteiger partial charge in [0.2, 0.25) is 5.41 Å². The Labute approximate surface area is 184 Å². The van der Waals surface area contributed by atoms with Crippen LogP contribution in [-0.4, -0.2) is 37.4 Å². The topological polar surface area (TPSA) is 82.1 Å². The smallest absolute Gasteiger partial charge is 0.328 e. The van der Waals surface area contributed by atoms with E-state index in [0.717, 1.165) is 0 Å². The summed E-state index contributed by atoms with van der Waals surface area (Å²) in [6.07, 6.45) is -1.50. The van der Waals surface area contributed by atoms with E-state index in [4.69, 9.17) is 25.8 Å². The van der Waals surface area contributed by atoms with Gasteiger partial charge in [-0.05, 0) is 37.6 Å². The zero-order valence-corrected chi connectivity index (χ0v) is 18.5. The lowest BCUT2D eigenvalue weighted by molar-refractivity contribution is -0.182. The van der Waals surface area contributed by atoms with Gasteiger partial charge in [0, 0.05) is 15.5 Å². The van der Waals surface area contributed by atoms with E-state index < -0.39 is 28.7 Å². The number of esters is 2. The average molecular weight is 451 g/mol. The van der Waals surface area contributed by atoms with E-state index in [1.165, 1.54) is 18.9 Å². The first-order valence-corrected chi connectivity index (χ1v) is 10.8. The van der Waals surface area contributed by atoms with Crippen molar-refractivity contribution < 1.29 is 28.9 Å². The maximum absolute atomic E-state index is 13.3. The fourth-order valence-electron chi connectivity index (χ4n) is 3.66. The number of aliphatic hydroxyl groups excluding tert-OH is 1. The van der Waals surface area contributed by atoms with Crippen molar-refractivity contribution in [3.63, 3.8) is 0 Å². The summed E-state index contributed by atoms with van der Waals surface area (Å²) >= 11 is 7.42. The first-order valence-electron chi connectivity index (χ1n) is 9.53. The van der Waals surface area contributed by atoms with E-state index >= 15 is 0 Å². The van der Waals surface area contributed by atoms with E-state index in [1.807, 2.05) is 0 Å². The van der Waals surface area contributed by atoms with Gasteiger partial charge in [0.05, 0.1) is 25.6 Å². The zero-order chi connectivity index (χ0) is 21.9. The molecule has 30 heavy (non-hydrogen) atoms. The van der Waals surface area contributed by atoms with E-state index in [9.17, 15) is 14.7 Å². The molecule has 0 radical (unpaired) electrons. The van der Waals surface area contributed by atoms with Gasteiger partial charge in [-0.2, -0.15) is 0 Å². The standard InChI is InChI=1S/C22H23ClO6S/c1-4-28-20(25)22(21(26)29-5-2)18(24)15-11-10-13(23)12-17(15)30-19(22)14-8-6-7-9-16(14)27-3/h6-12,18-19,24H,4-5H2,1-3H3. The molecule has 0 spiro atoms. The lowest BCUT2D eigenvalue weighted by Gasteiger charge is -2.43. The number of hydrogen-bond donors (Lipinski definition) is 1. The predicted molar refractivity (Wildman–Crippen MR) is 114 cm³/mol. The number of fused-ring (bicyclic) bond motifs is 1. The van der Waals surface area contributed by atoms with Crippen LogP contribution in [0.2, 0.25) is 5.02 Å². The molecule has 6 nitrogen and oxygen atoms in total. The van der Waals surface area contributed by atoms with Gasteiger partial charge in [-0.15, -0.1) is 11.8 Å². The number of rotatable bonds is 6. The summed E-state index contributed by atoms with van der Waals surface area (Å²) in [7, 11) is 1.50. The Bertz CT molecular complexity index is 929. The number of benzene rings is 2. The van der Waals surface area contributed by atoms with Crippen LogP contribution < -0.4 is 4.74 Å². The Morgan fingerprint density at radius 2 is 1.70 bits per heavy atom. The molecular formula is C22H23ClO6S. The van der Waals surface area contributed by atoms with Crippen LogP contribution in [0.25, 0.3) is 0 Å². The van der Waals surface area contributed by atoms with Gasteiger partial charge in [-0.1, -0.05) is 35.9 Å². The number of hydrogen-bond acceptors (Lipinski definition) is 7. The Kier molecular flexibility index (Phi) is 6.95. The highest BCUT2D eigenvalue weighted by molar-refractivity contribution is 7.99. The first kappa shape index (κ1) is 22.5. The molecule has 2 aromatic rings. The highest BCUT2D eigenvalue weighted by Crippen LogP contribution is 2.62. The average Bonchev–Trinajstić information content (AvgIpc) is 2.73. The first-order chi connectivity index (χ1) is 14.4. The molecule has 0 amide bonds. The number of ether oxygens (including phenoxy) is 3. The molecule has 2 unspecified atom stereocenters. The van der Waals surface area contributed by atoms with Crippen molar-refractivity contribution in [2.24, 2.45) is 5.41 Å². The van der Waals surface area contributed by atoms with Crippen molar-refractivity contribution in [3.8, 4) is 5.75 Å². The summed E-state index contributed by atoms with van der Waals surface area (Å²) < 4.78 is 16.1. The number of thioether (sulfide) groups is 1. The van der Waals surface area contributed by atoms with Gasteiger partial charge < -0.3 is 19.3 Å². The van der Waals surface area contributed by atoms with Crippen LogP contribution in [0.5, 0.6) is 5.75 Å². The number of carbonyl (C=O) groups excluding carboxylic acids is 2. The maximum Gasteiger partial charge on any atom is 0.328 e. The van der Waals surface area contributed by atoms with Gasteiger partial charge in [-0.25, -0.2) is 0 Å². The molecule has 0 aromatic heterocycles. The minimum atomic E-state index is -2.02. The quantitative estimate of drug-likeness (QED) is 0.517. The summed E-state index contributed by atoms with van der Waals surface area (Å²) in [6.45, 7) is 3.38. The third kappa shape index (κ3) is 3.66. The molecule has 1 heterocycles. The molecule has 0 bridgehead atoms. The maximum atomic E-state index is 13.3. The van der Waals surface area contributed by atoms with Crippen LogP contribution in [0.1, 0.15) is 36.3 Å². The van der Waals surface area contributed by atoms with E-state index in [0.29, 0.717) is 26.8 Å². The Morgan fingerprint density at radius 3 is 2.30 bits per heavy atom. The SMILES string of the molecule is CCOC(=O)C1(C(=O)OCC)C(O)c2ccc(Cl)cc2SC1c1ccccc1OC. The highest BCUT2D eigenvalue weighted by Gasteiger charge is 2.64. The van der Waals surface area contributed by atoms with Gasteiger partial charge in [0.15, 0.2) is 0 Å². The van der Waals surface area contributed by atoms with Crippen LogP contribution in [-0.2, 0) is 19.1 Å². The number of carbonyl (C=O) groups is 2. The molecule has 1 N–H and O–H groups in total. The Balaban J connectivity index is 2.33. The third-order valence-electron chi connectivity index (χ3n) is 5.01. The number of para-hydroxylation sites is 1. The van der Waals surface area contributed by atoms with Gasteiger partial charge in [0.25, 0.3) is 0 Å². The third-order valence-corrected chi connectivity index (χ3v) is 6.71. The van der Waals surface area contributed by atoms with Gasteiger partial charge in [-0.3, -0.25) is 9.59 Å². The molecule has 1 aliphatic rings. The van der Waals surface area contributed by atoms with Crippen molar-refractivity contribution in [2.75, 3.05) is 20.3 Å². The molecule has 160 valence electrons. The molecule has 0 aliphatic carbocycles. The van der Waals surface area contributed by atoms with Gasteiger partial charge >= 0.3 is 11.9 Å². The van der Waals surface area contributed by atoms with Crippen molar-refractivity contribution in [1.82, 2.24) is 0 Å². The second-order valence-electron chi connectivity index (χ2n) is 6.63. The molecule has 0 saturated heterocycles. The normalized spacial score (nSPS) is 19.5. The largest absolute Gasteiger partial charge is 0.496 e. The molecular weight excluding hydrogens is 428 g/mol. The van der Waals surface area contributed by atoms with Crippen LogP contribution >= 0.6 is 23.4 Å². The molecule has 0 saturated carbocycles. The summed E-state index contributed by atoms with van der Waals surface area (Å²) in [5.74, 6) is -1.22. The van der Waals surface area contributed by atoms with Crippen LogP contribution in [0.3, 0.4) is 0 Å². The van der Waals surface area contributed by atoms with Crippen molar-refractivity contribution >= 4 is 35.3 Å². The van der Waals surface area contributed by atoms with Crippen molar-refractivity contribution in [1.29, 1.82) is 0 Å². The summed E-state index contributed by atoms with van der Waals surface area (Å²) in [4.78, 5) is 27.3. The Hall–Kier alpha value is -2.22. The van der Waals surface area contributed by atoms with E-state index in [2.05, 4.69) is 0 Å². The van der Waals surface area contributed by atoms with Crippen LogP contribution in [0.15, 0.2) is 47.4 Å². The summed E-state index contributed by atoms with van der Waals surface area (Å²) in [5, 5.41) is 11.1. The molecule has 8 heteroatoms. The van der Waals surface area contributed by atoms with Crippen molar-refractivity contribution in [2.45, 2.75) is 30.1 Å². The number of aliphatic hydroxyl groups is 1. The fourth-order valence-corrected chi connectivity index (χ4v) is 5.49. The molecule has 2 atom stereocenters. The van der Waals surface area contributed by atoms with E-state index in [-0.39, 0.29) is 13.2 Å². The number of methoxy groups -OCH3 is 1. The highest BCUT2D eigenvalue weighted by atomic mass is 35.5.